The summed E-state index contributed by atoms with van der Waals surface area (Å²) in [5, 5.41) is 3.37. The molecule has 0 atom stereocenters. The van der Waals surface area contributed by atoms with Gasteiger partial charge in [0.2, 0.25) is 0 Å². The van der Waals surface area contributed by atoms with Crippen molar-refractivity contribution in [3.05, 3.63) is 35.4 Å². The highest BCUT2D eigenvalue weighted by Gasteiger charge is 2.17. The van der Waals surface area contributed by atoms with Crippen LogP contribution in [0, 0.1) is 17.6 Å². The molecule has 0 unspecified atom stereocenters. The van der Waals surface area contributed by atoms with E-state index in [0.29, 0.717) is 12.5 Å². The van der Waals surface area contributed by atoms with Gasteiger partial charge in [-0.2, -0.15) is 0 Å². The summed E-state index contributed by atoms with van der Waals surface area (Å²) >= 11 is 0. The summed E-state index contributed by atoms with van der Waals surface area (Å²) in [5.74, 6) is -0.280. The summed E-state index contributed by atoms with van der Waals surface area (Å²) in [4.78, 5) is 2.32. The second-order valence-electron chi connectivity index (χ2n) is 5.71. The lowest BCUT2D eigenvalue weighted by molar-refractivity contribution is 0.198. The summed E-state index contributed by atoms with van der Waals surface area (Å²) in [6.07, 6.45) is 3.44. The van der Waals surface area contributed by atoms with Gasteiger partial charge in [0.25, 0.3) is 0 Å². The van der Waals surface area contributed by atoms with Gasteiger partial charge in [0, 0.05) is 19.2 Å². The van der Waals surface area contributed by atoms with Crippen molar-refractivity contribution in [3.8, 4) is 0 Å². The van der Waals surface area contributed by atoms with Gasteiger partial charge in [-0.25, -0.2) is 8.78 Å². The van der Waals surface area contributed by atoms with E-state index >= 15 is 0 Å². The van der Waals surface area contributed by atoms with Crippen molar-refractivity contribution in [2.75, 3.05) is 26.2 Å². The van der Waals surface area contributed by atoms with Gasteiger partial charge in [-0.1, -0.05) is 6.92 Å². The van der Waals surface area contributed by atoms with Crippen LogP contribution in [-0.2, 0) is 6.54 Å². The molecule has 0 spiro atoms. The number of rotatable bonds is 6. The van der Waals surface area contributed by atoms with Crippen LogP contribution in [0.25, 0.3) is 0 Å². The van der Waals surface area contributed by atoms with E-state index < -0.39 is 11.6 Å². The highest BCUT2D eigenvalue weighted by atomic mass is 19.1. The van der Waals surface area contributed by atoms with Crippen molar-refractivity contribution in [2.24, 2.45) is 5.92 Å². The van der Waals surface area contributed by atoms with Gasteiger partial charge >= 0.3 is 0 Å². The first-order valence-electron chi connectivity index (χ1n) is 7.55. The van der Waals surface area contributed by atoms with Crippen molar-refractivity contribution >= 4 is 0 Å². The molecule has 0 radical (unpaired) electrons. The molecule has 1 N–H and O–H groups in total. The summed E-state index contributed by atoms with van der Waals surface area (Å²) < 4.78 is 26.5. The van der Waals surface area contributed by atoms with Gasteiger partial charge in [0.15, 0.2) is 0 Å². The molecule has 2 nitrogen and oxygen atoms in total. The minimum absolute atomic E-state index is 0.488. The van der Waals surface area contributed by atoms with Crippen LogP contribution in [0.3, 0.4) is 0 Å². The van der Waals surface area contributed by atoms with Crippen LogP contribution in [0.1, 0.15) is 31.7 Å². The van der Waals surface area contributed by atoms with Crippen molar-refractivity contribution in [3.63, 3.8) is 0 Å². The summed E-state index contributed by atoms with van der Waals surface area (Å²) in [6, 6.07) is 3.81. The Morgan fingerprint density at radius 1 is 1.15 bits per heavy atom. The molecule has 0 aliphatic carbocycles. The minimum Gasteiger partial charge on any atom is -0.317 e. The molecular weight excluding hydrogens is 258 g/mol. The number of nitrogens with zero attached hydrogens (tertiary/aromatic N) is 1. The smallest absolute Gasteiger partial charge is 0.126 e. The third-order valence-corrected chi connectivity index (χ3v) is 3.84. The van der Waals surface area contributed by atoms with E-state index in [0.717, 1.165) is 44.2 Å². The molecule has 2 rings (SSSR count). The minimum atomic E-state index is -0.488. The van der Waals surface area contributed by atoms with Crippen molar-refractivity contribution in [2.45, 2.75) is 32.7 Å². The number of piperidine rings is 1. The molecule has 1 saturated heterocycles. The predicted molar refractivity (Wildman–Crippen MR) is 77.5 cm³/mol. The fourth-order valence-corrected chi connectivity index (χ4v) is 2.94. The Bertz CT molecular complexity index is 397. The normalized spacial score (nSPS) is 16.8. The standard InChI is InChI=1S/C16H24F2N2/c1-2-7-20(11-13-3-5-19-6-4-13)12-14-8-15(17)10-16(18)9-14/h8-10,13,19H,2-7,11-12H2,1H3. The molecule has 0 aromatic heterocycles. The number of hydrogen-bond donors (Lipinski definition) is 1. The highest BCUT2D eigenvalue weighted by Crippen LogP contribution is 2.17. The highest BCUT2D eigenvalue weighted by molar-refractivity contribution is 5.17. The zero-order valence-electron chi connectivity index (χ0n) is 12.2. The molecule has 4 heteroatoms. The molecule has 1 aliphatic heterocycles. The molecule has 1 aliphatic rings. The molecule has 1 aromatic carbocycles. The topological polar surface area (TPSA) is 15.3 Å². The Hall–Kier alpha value is -1.00. The first-order valence-corrected chi connectivity index (χ1v) is 7.55. The summed E-state index contributed by atoms with van der Waals surface area (Å²) in [7, 11) is 0. The number of nitrogens with one attached hydrogen (secondary N) is 1. The van der Waals surface area contributed by atoms with Crippen LogP contribution in [0.5, 0.6) is 0 Å². The maximum Gasteiger partial charge on any atom is 0.126 e. The Morgan fingerprint density at radius 3 is 2.40 bits per heavy atom. The van der Waals surface area contributed by atoms with Crippen LogP contribution in [0.15, 0.2) is 18.2 Å². The SMILES string of the molecule is CCCN(Cc1cc(F)cc(F)c1)CC1CCNCC1. The third-order valence-electron chi connectivity index (χ3n) is 3.84. The van der Waals surface area contributed by atoms with E-state index in [2.05, 4.69) is 17.1 Å². The Morgan fingerprint density at radius 2 is 1.80 bits per heavy atom. The number of halogens is 2. The van der Waals surface area contributed by atoms with Crippen LogP contribution in [-0.4, -0.2) is 31.1 Å². The zero-order valence-corrected chi connectivity index (χ0v) is 12.2. The molecule has 0 bridgehead atoms. The van der Waals surface area contributed by atoms with E-state index in [1.807, 2.05) is 0 Å². The first kappa shape index (κ1) is 15.4. The lowest BCUT2D eigenvalue weighted by Gasteiger charge is -2.30. The molecule has 20 heavy (non-hydrogen) atoms. The van der Waals surface area contributed by atoms with Gasteiger partial charge < -0.3 is 5.32 Å². The quantitative estimate of drug-likeness (QED) is 0.862. The first-order chi connectivity index (χ1) is 9.67. The van der Waals surface area contributed by atoms with Crippen LogP contribution >= 0.6 is 0 Å². The molecule has 0 amide bonds. The Balaban J connectivity index is 1.96. The number of hydrogen-bond acceptors (Lipinski definition) is 2. The van der Waals surface area contributed by atoms with E-state index in [9.17, 15) is 8.78 Å². The molecular formula is C16H24F2N2. The van der Waals surface area contributed by atoms with E-state index in [1.165, 1.54) is 25.0 Å². The zero-order chi connectivity index (χ0) is 14.4. The van der Waals surface area contributed by atoms with Crippen LogP contribution < -0.4 is 5.32 Å². The van der Waals surface area contributed by atoms with Crippen LogP contribution in [0.2, 0.25) is 0 Å². The molecule has 0 saturated carbocycles. The monoisotopic (exact) mass is 282 g/mol. The van der Waals surface area contributed by atoms with Gasteiger partial charge in [-0.3, -0.25) is 4.90 Å². The second-order valence-corrected chi connectivity index (χ2v) is 5.71. The number of benzene rings is 1. The lowest BCUT2D eigenvalue weighted by Crippen LogP contribution is -2.36. The molecule has 1 heterocycles. The van der Waals surface area contributed by atoms with E-state index in [4.69, 9.17) is 0 Å². The summed E-state index contributed by atoms with van der Waals surface area (Å²) in [5.41, 5.74) is 0.727. The summed E-state index contributed by atoms with van der Waals surface area (Å²) in [6.45, 7) is 6.93. The third kappa shape index (κ3) is 4.84. The Labute approximate surface area is 120 Å². The van der Waals surface area contributed by atoms with E-state index in [-0.39, 0.29) is 0 Å². The fourth-order valence-electron chi connectivity index (χ4n) is 2.94. The van der Waals surface area contributed by atoms with Gasteiger partial charge in [-0.05, 0) is 62.5 Å². The average molecular weight is 282 g/mol. The molecule has 1 aromatic rings. The van der Waals surface area contributed by atoms with Crippen LogP contribution in [0.4, 0.5) is 8.78 Å². The van der Waals surface area contributed by atoms with E-state index in [1.54, 1.807) is 0 Å². The lowest BCUT2D eigenvalue weighted by atomic mass is 9.97. The Kier molecular flexibility index (Phi) is 5.92. The average Bonchev–Trinajstić information content (AvgIpc) is 2.39. The van der Waals surface area contributed by atoms with Gasteiger partial charge in [-0.15, -0.1) is 0 Å². The van der Waals surface area contributed by atoms with Gasteiger partial charge in [0.1, 0.15) is 11.6 Å². The largest absolute Gasteiger partial charge is 0.317 e. The van der Waals surface area contributed by atoms with Gasteiger partial charge in [0.05, 0.1) is 0 Å². The second kappa shape index (κ2) is 7.70. The maximum absolute atomic E-state index is 13.3. The molecule has 112 valence electrons. The molecule has 1 fully saturated rings. The van der Waals surface area contributed by atoms with Crippen molar-refractivity contribution in [1.29, 1.82) is 0 Å². The predicted octanol–water partition coefficient (Wildman–Crippen LogP) is 3.18. The van der Waals surface area contributed by atoms with Crippen molar-refractivity contribution in [1.82, 2.24) is 10.2 Å². The fraction of sp³-hybridized carbons (Fsp3) is 0.625. The maximum atomic E-state index is 13.3. The van der Waals surface area contributed by atoms with Crippen molar-refractivity contribution < 1.29 is 8.78 Å².